The van der Waals surface area contributed by atoms with Gasteiger partial charge in [0, 0.05) is 55.6 Å². The van der Waals surface area contributed by atoms with Crippen LogP contribution in [-0.4, -0.2) is 150 Å². The third-order valence-corrected chi connectivity index (χ3v) is 16.0. The lowest BCUT2D eigenvalue weighted by Crippen LogP contribution is -2.58. The zero-order valence-corrected chi connectivity index (χ0v) is 48.5. The second kappa shape index (κ2) is 27.0. The molecule has 3 atom stereocenters. The first-order valence-electron chi connectivity index (χ1n) is 26.8. The highest BCUT2D eigenvalue weighted by Crippen LogP contribution is 2.34. The molecule has 0 saturated carbocycles. The van der Waals surface area contributed by atoms with Crippen molar-refractivity contribution in [3.63, 3.8) is 0 Å². The van der Waals surface area contributed by atoms with Crippen LogP contribution in [0.4, 0.5) is 14.5 Å². The maximum absolute atomic E-state index is 14.5. The number of carbonyl (C=O) groups excluding carboxylic acids is 4. The maximum atomic E-state index is 14.5. The highest BCUT2D eigenvalue weighted by Gasteiger charge is 2.44. The van der Waals surface area contributed by atoms with E-state index in [0.29, 0.717) is 34.1 Å². The Balaban J connectivity index is 0.696. The summed E-state index contributed by atoms with van der Waals surface area (Å²) >= 11 is 1.55. The van der Waals surface area contributed by atoms with Gasteiger partial charge in [0.1, 0.15) is 52.2 Å². The van der Waals surface area contributed by atoms with Gasteiger partial charge in [-0.1, -0.05) is 57.2 Å². The normalized spacial score (nSPS) is 14.8. The summed E-state index contributed by atoms with van der Waals surface area (Å²) in [6.07, 6.45) is 3.80. The molecule has 0 aliphatic carbocycles. The lowest BCUT2D eigenvalue weighted by molar-refractivity contribution is -0.144. The van der Waals surface area contributed by atoms with E-state index < -0.39 is 73.8 Å². The van der Waals surface area contributed by atoms with Crippen molar-refractivity contribution in [2.24, 2.45) is 5.41 Å². The van der Waals surface area contributed by atoms with Crippen LogP contribution in [0.25, 0.3) is 50.3 Å². The number of thiazole rings is 1. The number of aromatic nitrogens is 6. The zero-order chi connectivity index (χ0) is 60.4. The molecule has 5 aromatic heterocycles. The number of aryl methyl sites for hydroxylation is 1. The number of nitrogens with one attached hydrogen (secondary N) is 4. The first-order valence-corrected chi connectivity index (χ1v) is 29.1. The van der Waals surface area contributed by atoms with Gasteiger partial charge in [0.15, 0.2) is 0 Å². The number of imidazole rings is 1. The number of benzene rings is 3. The Morgan fingerprint density at radius 1 is 0.847 bits per heavy atom. The van der Waals surface area contributed by atoms with Gasteiger partial charge in [0.05, 0.1) is 79.7 Å². The SMILES string of the molecule is COc1ncc(-c2ccc3ncc(-c4nnc(-c5ccccc5C(=O)NCCOCCOCCOCC(=O)N[C@H](C(=O)N5C[C@@H](O)C[C@@H]5C(=O)NCc5ccc(-c6scnc6C)cc5)C(C)(C)C)o4)n3c2)cc1NS(=O)(=O)c1ccc(F)cc1F. The van der Waals surface area contributed by atoms with Crippen LogP contribution in [-0.2, 0) is 45.2 Å². The van der Waals surface area contributed by atoms with Crippen LogP contribution in [0.5, 0.6) is 5.88 Å². The van der Waals surface area contributed by atoms with Crippen LogP contribution >= 0.6 is 11.3 Å². The minimum atomic E-state index is -4.54. The zero-order valence-electron chi connectivity index (χ0n) is 46.8. The molecule has 1 saturated heterocycles. The average molecular weight is 1210 g/mol. The van der Waals surface area contributed by atoms with Crippen molar-refractivity contribution in [2.45, 2.75) is 63.7 Å². The predicted octanol–water partition coefficient (Wildman–Crippen LogP) is 6.22. The number of anilines is 1. The van der Waals surface area contributed by atoms with Gasteiger partial charge in [0.25, 0.3) is 21.8 Å². The molecule has 1 aliphatic heterocycles. The van der Waals surface area contributed by atoms with E-state index >= 15 is 0 Å². The van der Waals surface area contributed by atoms with Gasteiger partial charge in [0.2, 0.25) is 29.5 Å². The van der Waals surface area contributed by atoms with E-state index in [0.717, 1.165) is 33.8 Å². The Labute approximate surface area is 491 Å². The summed E-state index contributed by atoms with van der Waals surface area (Å²) in [5.74, 6) is -4.06. The fourth-order valence-corrected chi connectivity index (χ4v) is 11.2. The number of aliphatic hydroxyl groups excluding tert-OH is 1. The summed E-state index contributed by atoms with van der Waals surface area (Å²) < 4.78 is 86.5. The number of rotatable bonds is 25. The predicted molar refractivity (Wildman–Crippen MR) is 307 cm³/mol. The van der Waals surface area contributed by atoms with Crippen molar-refractivity contribution < 1.29 is 64.8 Å². The Bertz CT molecular complexity index is 3820. The number of nitrogens with zero attached hydrogens (tertiary/aromatic N) is 7. The molecule has 3 aromatic carbocycles. The number of hydrogen-bond donors (Lipinski definition) is 5. The molecule has 6 heterocycles. The van der Waals surface area contributed by atoms with Gasteiger partial charge in [-0.15, -0.1) is 21.5 Å². The van der Waals surface area contributed by atoms with Crippen LogP contribution in [0, 0.1) is 24.0 Å². The van der Waals surface area contributed by atoms with Crippen molar-refractivity contribution in [1.29, 1.82) is 0 Å². The fraction of sp³-hybridized carbons (Fsp3) is 0.328. The Morgan fingerprint density at radius 3 is 2.31 bits per heavy atom. The molecule has 0 spiro atoms. The van der Waals surface area contributed by atoms with E-state index in [1.165, 1.54) is 30.5 Å². The minimum absolute atomic E-state index is 0.0515. The number of fused-ring (bicyclic) bond motifs is 1. The molecule has 0 bridgehead atoms. The molecule has 4 amide bonds. The first-order chi connectivity index (χ1) is 40.8. The van der Waals surface area contributed by atoms with Gasteiger partial charge in [-0.2, -0.15) is 0 Å². The number of likely N-dealkylation sites (tertiary alicyclic amines) is 1. The van der Waals surface area contributed by atoms with E-state index in [2.05, 4.69) is 45.8 Å². The topological polar surface area (TPSA) is 293 Å². The van der Waals surface area contributed by atoms with Crippen LogP contribution < -0.4 is 25.4 Å². The van der Waals surface area contributed by atoms with Gasteiger partial charge in [-0.05, 0) is 65.9 Å². The molecule has 23 nitrogen and oxygen atoms in total. The monoisotopic (exact) mass is 1210 g/mol. The van der Waals surface area contributed by atoms with E-state index in [1.807, 2.05) is 31.2 Å². The van der Waals surface area contributed by atoms with Crippen molar-refractivity contribution in [2.75, 3.05) is 64.6 Å². The number of methoxy groups -OCH3 is 1. The third-order valence-electron chi connectivity index (χ3n) is 13.6. The summed E-state index contributed by atoms with van der Waals surface area (Å²) in [4.78, 5) is 68.6. The Morgan fingerprint density at radius 2 is 1.58 bits per heavy atom. The first kappa shape index (κ1) is 61.0. The van der Waals surface area contributed by atoms with Gasteiger partial charge in [-0.25, -0.2) is 32.2 Å². The van der Waals surface area contributed by atoms with E-state index in [9.17, 15) is 41.5 Å². The molecule has 85 heavy (non-hydrogen) atoms. The highest BCUT2D eigenvalue weighted by atomic mass is 32.2. The van der Waals surface area contributed by atoms with Crippen molar-refractivity contribution in [1.82, 2.24) is 50.4 Å². The van der Waals surface area contributed by atoms with Crippen LogP contribution in [0.3, 0.4) is 0 Å². The number of aliphatic hydroxyl groups is 1. The van der Waals surface area contributed by atoms with Gasteiger partial charge < -0.3 is 49.3 Å². The van der Waals surface area contributed by atoms with Crippen molar-refractivity contribution >= 4 is 56.3 Å². The number of halogens is 2. The minimum Gasteiger partial charge on any atom is -0.480 e. The molecule has 0 unspecified atom stereocenters. The molecule has 0 radical (unpaired) electrons. The number of amides is 4. The second-order valence-electron chi connectivity index (χ2n) is 20.7. The van der Waals surface area contributed by atoms with E-state index in [-0.39, 0.29) is 94.6 Å². The molecule has 446 valence electrons. The molecule has 27 heteroatoms. The summed E-state index contributed by atoms with van der Waals surface area (Å²) in [6, 6.07) is 19.5. The number of carbonyl (C=O) groups is 4. The maximum Gasteiger partial charge on any atom is 0.266 e. The standard InChI is InChI=1S/C58H61F2N11O12S2/c1-34-50(84-33-65-34)36-12-10-35(11-13-36)27-63-53(75)45-26-40(72)31-71(45)57(76)51(58(2,3)4)66-49(73)32-82-23-22-81-21-20-80-19-18-61-52(74)41-8-6-7-9-42(41)54-67-68-56(83-54)46-29-62-48-17-14-37(30-70(46)48)38-24-44(55(79-5)64-28-38)69-85(77,78)47-16-15-39(59)25-43(47)60/h6-17,24-25,28-30,33,40,45,51,69,72H,18-23,26-27,31-32H2,1-5H3,(H,61,74)(H,63,75)(H,66,73)/t40-,45+,51+/m0/s1. The quantitative estimate of drug-likeness (QED) is 0.0397. The second-order valence-corrected chi connectivity index (χ2v) is 23.2. The summed E-state index contributed by atoms with van der Waals surface area (Å²) in [6.45, 7) is 8.08. The number of pyridine rings is 2. The lowest BCUT2D eigenvalue weighted by atomic mass is 9.85. The number of ether oxygens (including phenoxy) is 4. The molecule has 1 fully saturated rings. The molecule has 1 aliphatic rings. The molecular formula is C58H61F2N11O12S2. The third kappa shape index (κ3) is 14.8. The smallest absolute Gasteiger partial charge is 0.266 e. The molecule has 8 aromatic rings. The molecule has 9 rings (SSSR count). The van der Waals surface area contributed by atoms with E-state index in [4.69, 9.17) is 23.4 Å². The summed E-state index contributed by atoms with van der Waals surface area (Å²) in [7, 11) is -3.25. The highest BCUT2D eigenvalue weighted by molar-refractivity contribution is 7.92. The fourth-order valence-electron chi connectivity index (χ4n) is 9.27. The van der Waals surface area contributed by atoms with Crippen LogP contribution in [0.15, 0.2) is 118 Å². The van der Waals surface area contributed by atoms with Crippen molar-refractivity contribution in [3.8, 4) is 50.5 Å². The number of hydrogen-bond acceptors (Lipinski definition) is 18. The Hall–Kier alpha value is -8.60. The van der Waals surface area contributed by atoms with Gasteiger partial charge >= 0.3 is 0 Å². The van der Waals surface area contributed by atoms with Crippen LogP contribution in [0.2, 0.25) is 0 Å². The van der Waals surface area contributed by atoms with Crippen LogP contribution in [0.1, 0.15) is 48.8 Å². The molecular weight excluding hydrogens is 1140 g/mol. The number of sulfonamides is 1. The van der Waals surface area contributed by atoms with Crippen molar-refractivity contribution in [3.05, 3.63) is 137 Å². The largest absolute Gasteiger partial charge is 0.480 e. The average Bonchev–Trinajstić information content (AvgIpc) is 2.69. The summed E-state index contributed by atoms with van der Waals surface area (Å²) in [5, 5.41) is 27.6. The molecule has 5 N–H and O–H groups in total. The van der Waals surface area contributed by atoms with E-state index in [1.54, 1.807) is 84.6 Å². The summed E-state index contributed by atoms with van der Waals surface area (Å²) in [5.41, 5.74) is 6.23. The Kier molecular flexibility index (Phi) is 19.3. The van der Waals surface area contributed by atoms with Gasteiger partial charge in [-0.3, -0.25) is 28.3 Å². The number of β-amino-alcohol motifs (C(OH)–C–C–N with tert-alkyl or cyclic N) is 1. The lowest BCUT2D eigenvalue weighted by Gasteiger charge is -2.35.